The number of ether oxygens (including phenoxy) is 2. The molecule has 1 amide bonds. The van der Waals surface area contributed by atoms with Crippen molar-refractivity contribution < 1.29 is 31.8 Å². The molecule has 0 saturated carbocycles. The van der Waals surface area contributed by atoms with Gasteiger partial charge >= 0.3 is 6.61 Å². The first-order valence-corrected chi connectivity index (χ1v) is 8.85. The van der Waals surface area contributed by atoms with Crippen LogP contribution in [-0.4, -0.2) is 19.6 Å². The molecule has 9 heteroatoms. The highest BCUT2D eigenvalue weighted by Crippen LogP contribution is 2.35. The van der Waals surface area contributed by atoms with Crippen LogP contribution in [0.5, 0.6) is 11.5 Å². The standard InChI is InChI=1S/C21H14ClF4NO3/c1-29-13-5-2-11(3-6-13)14-8-12(4-7-19(14)30-21(25)26)27-20(28)15-9-17(23)18(24)10-16(15)22/h2-10,21H,1H3,(H,27,28). The lowest BCUT2D eigenvalue weighted by Crippen LogP contribution is -2.13. The molecule has 0 aromatic heterocycles. The van der Waals surface area contributed by atoms with E-state index in [1.807, 2.05) is 0 Å². The van der Waals surface area contributed by atoms with Crippen molar-refractivity contribution in [3.63, 3.8) is 0 Å². The molecule has 30 heavy (non-hydrogen) atoms. The molecule has 0 aliphatic rings. The normalized spacial score (nSPS) is 10.8. The second kappa shape index (κ2) is 9.04. The van der Waals surface area contributed by atoms with Crippen LogP contribution in [0.25, 0.3) is 11.1 Å². The number of methoxy groups -OCH3 is 1. The fraction of sp³-hybridized carbons (Fsp3) is 0.0952. The molecule has 0 fully saturated rings. The number of nitrogens with one attached hydrogen (secondary N) is 1. The predicted octanol–water partition coefficient (Wildman–Crippen LogP) is 6.15. The van der Waals surface area contributed by atoms with Crippen molar-refractivity contribution in [3.05, 3.63) is 76.8 Å². The first-order chi connectivity index (χ1) is 14.3. The lowest BCUT2D eigenvalue weighted by Gasteiger charge is -2.14. The molecule has 3 aromatic carbocycles. The topological polar surface area (TPSA) is 47.6 Å². The smallest absolute Gasteiger partial charge is 0.387 e. The maximum absolute atomic E-state index is 13.5. The van der Waals surface area contributed by atoms with Crippen LogP contribution in [0.1, 0.15) is 10.4 Å². The van der Waals surface area contributed by atoms with E-state index in [0.29, 0.717) is 23.4 Å². The van der Waals surface area contributed by atoms with E-state index in [9.17, 15) is 22.4 Å². The Hall–Kier alpha value is -3.26. The maximum atomic E-state index is 13.5. The Morgan fingerprint density at radius 1 is 1.00 bits per heavy atom. The summed E-state index contributed by atoms with van der Waals surface area (Å²) in [6.45, 7) is -3.05. The summed E-state index contributed by atoms with van der Waals surface area (Å²) in [5.74, 6) is -2.77. The Balaban J connectivity index is 1.95. The van der Waals surface area contributed by atoms with Crippen LogP contribution in [0.2, 0.25) is 5.02 Å². The average Bonchev–Trinajstić information content (AvgIpc) is 2.71. The lowest BCUT2D eigenvalue weighted by molar-refractivity contribution is -0.0494. The summed E-state index contributed by atoms with van der Waals surface area (Å²) in [7, 11) is 1.49. The van der Waals surface area contributed by atoms with Crippen molar-refractivity contribution in [1.82, 2.24) is 0 Å². The number of hydrogen-bond donors (Lipinski definition) is 1. The number of rotatable bonds is 6. The Kier molecular flexibility index (Phi) is 6.47. The number of benzene rings is 3. The van der Waals surface area contributed by atoms with E-state index >= 15 is 0 Å². The van der Waals surface area contributed by atoms with E-state index in [1.54, 1.807) is 24.3 Å². The molecular weight excluding hydrogens is 426 g/mol. The second-order valence-electron chi connectivity index (χ2n) is 6.02. The minimum atomic E-state index is -3.05. The number of halogens is 5. The average molecular weight is 440 g/mol. The van der Waals surface area contributed by atoms with Gasteiger partial charge in [0, 0.05) is 11.3 Å². The van der Waals surface area contributed by atoms with Crippen LogP contribution >= 0.6 is 11.6 Å². The third-order valence-corrected chi connectivity index (χ3v) is 4.42. The second-order valence-corrected chi connectivity index (χ2v) is 6.43. The highest BCUT2D eigenvalue weighted by molar-refractivity contribution is 6.34. The van der Waals surface area contributed by atoms with Gasteiger partial charge in [-0.3, -0.25) is 4.79 Å². The first kappa shape index (κ1) is 21.4. The maximum Gasteiger partial charge on any atom is 0.387 e. The number of alkyl halides is 2. The van der Waals surface area contributed by atoms with Crippen molar-refractivity contribution in [2.45, 2.75) is 6.61 Å². The molecule has 1 N–H and O–H groups in total. The quantitative estimate of drug-likeness (QED) is 0.370. The van der Waals surface area contributed by atoms with E-state index in [0.717, 1.165) is 0 Å². The summed E-state index contributed by atoms with van der Waals surface area (Å²) in [5.41, 5.74) is 0.711. The Bertz CT molecular complexity index is 1070. The van der Waals surface area contributed by atoms with Crippen molar-refractivity contribution in [2.75, 3.05) is 12.4 Å². The van der Waals surface area contributed by atoms with Crippen LogP contribution in [0.3, 0.4) is 0 Å². The van der Waals surface area contributed by atoms with Crippen molar-refractivity contribution >= 4 is 23.2 Å². The molecule has 156 valence electrons. The number of anilines is 1. The van der Waals surface area contributed by atoms with Crippen LogP contribution in [-0.2, 0) is 0 Å². The highest BCUT2D eigenvalue weighted by Gasteiger charge is 2.17. The zero-order chi connectivity index (χ0) is 21.8. The monoisotopic (exact) mass is 439 g/mol. The van der Waals surface area contributed by atoms with E-state index in [4.69, 9.17) is 16.3 Å². The number of carbonyl (C=O) groups excluding carboxylic acids is 1. The van der Waals surface area contributed by atoms with Gasteiger partial charge in [0.2, 0.25) is 0 Å². The molecule has 4 nitrogen and oxygen atoms in total. The zero-order valence-corrected chi connectivity index (χ0v) is 16.1. The fourth-order valence-corrected chi connectivity index (χ4v) is 2.93. The summed E-state index contributed by atoms with van der Waals surface area (Å²) in [6.07, 6.45) is 0. The molecule has 0 saturated heterocycles. The van der Waals surface area contributed by atoms with E-state index in [-0.39, 0.29) is 27.6 Å². The summed E-state index contributed by atoms with van der Waals surface area (Å²) < 4.78 is 61.9. The van der Waals surface area contributed by atoms with Gasteiger partial charge in [-0.25, -0.2) is 8.78 Å². The van der Waals surface area contributed by atoms with Crippen molar-refractivity contribution in [3.8, 4) is 22.6 Å². The fourth-order valence-electron chi connectivity index (χ4n) is 2.70. The van der Waals surface area contributed by atoms with Crippen molar-refractivity contribution in [2.24, 2.45) is 0 Å². The van der Waals surface area contributed by atoms with Gasteiger partial charge in [-0.05, 0) is 48.0 Å². The predicted molar refractivity (Wildman–Crippen MR) is 104 cm³/mol. The van der Waals surface area contributed by atoms with Gasteiger partial charge in [0.05, 0.1) is 17.7 Å². The molecule has 0 heterocycles. The van der Waals surface area contributed by atoms with Crippen LogP contribution in [0, 0.1) is 11.6 Å². The van der Waals surface area contributed by atoms with Crippen LogP contribution in [0.4, 0.5) is 23.2 Å². The van der Waals surface area contributed by atoms with E-state index in [2.05, 4.69) is 10.1 Å². The van der Waals surface area contributed by atoms with Crippen molar-refractivity contribution in [1.29, 1.82) is 0 Å². The van der Waals surface area contributed by atoms with Gasteiger partial charge in [-0.2, -0.15) is 8.78 Å². The summed E-state index contributed by atoms with van der Waals surface area (Å²) >= 11 is 5.82. The summed E-state index contributed by atoms with van der Waals surface area (Å²) in [4.78, 5) is 12.4. The number of hydrogen-bond acceptors (Lipinski definition) is 3. The largest absolute Gasteiger partial charge is 0.497 e. The first-order valence-electron chi connectivity index (χ1n) is 8.47. The summed E-state index contributed by atoms with van der Waals surface area (Å²) in [5, 5.41) is 2.20. The molecule has 0 unspecified atom stereocenters. The zero-order valence-electron chi connectivity index (χ0n) is 15.4. The Morgan fingerprint density at radius 2 is 1.67 bits per heavy atom. The molecule has 0 bridgehead atoms. The molecule has 0 aliphatic carbocycles. The molecule has 0 spiro atoms. The molecule has 0 aliphatic heterocycles. The van der Waals surface area contributed by atoms with Gasteiger partial charge in [0.1, 0.15) is 11.5 Å². The summed E-state index contributed by atoms with van der Waals surface area (Å²) in [6, 6.07) is 11.9. The Labute approximate surface area is 174 Å². The molecule has 3 aromatic rings. The van der Waals surface area contributed by atoms with E-state index < -0.39 is 24.2 Å². The lowest BCUT2D eigenvalue weighted by atomic mass is 10.0. The molecular formula is C21H14ClF4NO3. The third-order valence-electron chi connectivity index (χ3n) is 4.11. The number of amides is 1. The molecule has 0 atom stereocenters. The number of carbonyl (C=O) groups is 1. The van der Waals surface area contributed by atoms with E-state index in [1.165, 1.54) is 25.3 Å². The van der Waals surface area contributed by atoms with Gasteiger partial charge in [0.15, 0.2) is 11.6 Å². The third kappa shape index (κ3) is 4.83. The minimum absolute atomic E-state index is 0.112. The van der Waals surface area contributed by atoms with Gasteiger partial charge in [-0.1, -0.05) is 23.7 Å². The van der Waals surface area contributed by atoms with Gasteiger partial charge < -0.3 is 14.8 Å². The van der Waals surface area contributed by atoms with Gasteiger partial charge in [-0.15, -0.1) is 0 Å². The van der Waals surface area contributed by atoms with Crippen LogP contribution < -0.4 is 14.8 Å². The van der Waals surface area contributed by atoms with Crippen LogP contribution in [0.15, 0.2) is 54.6 Å². The highest BCUT2D eigenvalue weighted by atomic mass is 35.5. The SMILES string of the molecule is COc1ccc(-c2cc(NC(=O)c3cc(F)c(F)cc3Cl)ccc2OC(F)F)cc1. The molecule has 3 rings (SSSR count). The minimum Gasteiger partial charge on any atom is -0.497 e. The van der Waals surface area contributed by atoms with Gasteiger partial charge in [0.25, 0.3) is 5.91 Å². The Morgan fingerprint density at radius 3 is 2.30 bits per heavy atom. The molecule has 0 radical (unpaired) electrons.